The standard InChI is InChI=1S/C16H31N3O.2ClH/c1-3-19(15-4-5-15)11-10-18-16(20)12-13(2)14-6-8-17-9-7-14;;/h13-15,17H,3-12H2,1-2H3,(H,18,20);2*1H. The molecule has 2 N–H and O–H groups in total. The molecule has 1 heterocycles. The third-order valence-corrected chi connectivity index (χ3v) is 4.89. The van der Waals surface area contributed by atoms with Crippen LogP contribution in [0, 0.1) is 11.8 Å². The van der Waals surface area contributed by atoms with Crippen LogP contribution in [0.5, 0.6) is 0 Å². The molecule has 1 saturated heterocycles. The lowest BCUT2D eigenvalue weighted by Crippen LogP contribution is -2.37. The summed E-state index contributed by atoms with van der Waals surface area (Å²) in [5.41, 5.74) is 0. The van der Waals surface area contributed by atoms with Crippen LogP contribution in [-0.4, -0.2) is 49.6 Å². The van der Waals surface area contributed by atoms with Crippen molar-refractivity contribution in [1.29, 1.82) is 0 Å². The molecule has 1 aliphatic carbocycles. The highest BCUT2D eigenvalue weighted by molar-refractivity contribution is 5.85. The first-order chi connectivity index (χ1) is 9.70. The number of amides is 1. The lowest BCUT2D eigenvalue weighted by Gasteiger charge is -2.28. The zero-order chi connectivity index (χ0) is 14.4. The number of hydrogen-bond acceptors (Lipinski definition) is 3. The zero-order valence-corrected chi connectivity index (χ0v) is 15.6. The highest BCUT2D eigenvalue weighted by Gasteiger charge is 2.27. The van der Waals surface area contributed by atoms with E-state index in [1.807, 2.05) is 0 Å². The van der Waals surface area contributed by atoms with Crippen LogP contribution in [0.4, 0.5) is 0 Å². The van der Waals surface area contributed by atoms with E-state index in [1.54, 1.807) is 0 Å². The number of nitrogens with one attached hydrogen (secondary N) is 2. The molecule has 0 radical (unpaired) electrons. The predicted octanol–water partition coefficient (Wildman–Crippen LogP) is 2.46. The molecule has 2 aliphatic rings. The molecule has 4 nitrogen and oxygen atoms in total. The highest BCUT2D eigenvalue weighted by Crippen LogP contribution is 2.26. The zero-order valence-electron chi connectivity index (χ0n) is 14.0. The van der Waals surface area contributed by atoms with Crippen molar-refractivity contribution in [2.45, 2.75) is 52.0 Å². The van der Waals surface area contributed by atoms with Crippen molar-refractivity contribution in [3.63, 3.8) is 0 Å². The lowest BCUT2D eigenvalue weighted by atomic mass is 9.84. The summed E-state index contributed by atoms with van der Waals surface area (Å²) in [6.07, 6.45) is 5.82. The molecule has 1 aliphatic heterocycles. The third-order valence-electron chi connectivity index (χ3n) is 4.89. The van der Waals surface area contributed by atoms with Crippen molar-refractivity contribution in [3.8, 4) is 0 Å². The Hall–Kier alpha value is -0.0300. The van der Waals surface area contributed by atoms with Crippen molar-refractivity contribution < 1.29 is 4.79 Å². The van der Waals surface area contributed by atoms with Crippen molar-refractivity contribution >= 4 is 30.7 Å². The number of carbonyl (C=O) groups is 1. The van der Waals surface area contributed by atoms with Crippen molar-refractivity contribution in [2.24, 2.45) is 11.8 Å². The average Bonchev–Trinajstić information content (AvgIpc) is 3.29. The first kappa shape index (κ1) is 22.0. The molecule has 0 bridgehead atoms. The van der Waals surface area contributed by atoms with Gasteiger partial charge in [-0.15, -0.1) is 24.8 Å². The van der Waals surface area contributed by atoms with Crippen LogP contribution in [0.3, 0.4) is 0 Å². The Balaban J connectivity index is 0.00000220. The second kappa shape index (κ2) is 11.5. The fourth-order valence-electron chi connectivity index (χ4n) is 3.32. The van der Waals surface area contributed by atoms with Crippen LogP contribution in [0.15, 0.2) is 0 Å². The number of nitrogens with zero attached hydrogens (tertiary/aromatic N) is 1. The normalized spacial score (nSPS) is 20.0. The van der Waals surface area contributed by atoms with Gasteiger partial charge in [-0.1, -0.05) is 13.8 Å². The molecule has 22 heavy (non-hydrogen) atoms. The fraction of sp³-hybridized carbons (Fsp3) is 0.938. The van der Waals surface area contributed by atoms with Gasteiger partial charge in [0.15, 0.2) is 0 Å². The average molecular weight is 354 g/mol. The molecule has 0 aromatic heterocycles. The van der Waals surface area contributed by atoms with E-state index in [0.717, 1.165) is 44.7 Å². The molecule has 0 aromatic rings. The van der Waals surface area contributed by atoms with E-state index in [-0.39, 0.29) is 30.7 Å². The Morgan fingerprint density at radius 3 is 2.41 bits per heavy atom. The van der Waals surface area contributed by atoms with Gasteiger partial charge in [0, 0.05) is 25.6 Å². The molecule has 1 amide bonds. The summed E-state index contributed by atoms with van der Waals surface area (Å²) in [7, 11) is 0. The van der Waals surface area contributed by atoms with E-state index in [0.29, 0.717) is 12.3 Å². The number of piperidine rings is 1. The molecule has 6 heteroatoms. The van der Waals surface area contributed by atoms with Crippen LogP contribution in [0.25, 0.3) is 0 Å². The van der Waals surface area contributed by atoms with Gasteiger partial charge >= 0.3 is 0 Å². The Morgan fingerprint density at radius 2 is 1.86 bits per heavy atom. The smallest absolute Gasteiger partial charge is 0.220 e. The number of likely N-dealkylation sites (N-methyl/N-ethyl adjacent to an activating group) is 1. The molecule has 0 spiro atoms. The maximum atomic E-state index is 12.0. The third kappa shape index (κ3) is 7.49. The summed E-state index contributed by atoms with van der Waals surface area (Å²) in [6.45, 7) is 9.59. The summed E-state index contributed by atoms with van der Waals surface area (Å²) in [5.74, 6) is 1.48. The summed E-state index contributed by atoms with van der Waals surface area (Å²) < 4.78 is 0. The van der Waals surface area contributed by atoms with Crippen LogP contribution < -0.4 is 10.6 Å². The second-order valence-electron chi connectivity index (χ2n) is 6.48. The molecular formula is C16H33Cl2N3O. The second-order valence-corrected chi connectivity index (χ2v) is 6.48. The Labute approximate surface area is 148 Å². The van der Waals surface area contributed by atoms with Gasteiger partial charge in [0.25, 0.3) is 0 Å². The van der Waals surface area contributed by atoms with E-state index < -0.39 is 0 Å². The van der Waals surface area contributed by atoms with Gasteiger partial charge in [-0.05, 0) is 57.2 Å². The van der Waals surface area contributed by atoms with Gasteiger partial charge in [0.2, 0.25) is 5.91 Å². The monoisotopic (exact) mass is 353 g/mol. The van der Waals surface area contributed by atoms with Gasteiger partial charge in [-0.25, -0.2) is 0 Å². The van der Waals surface area contributed by atoms with E-state index >= 15 is 0 Å². The van der Waals surface area contributed by atoms with Gasteiger partial charge < -0.3 is 10.6 Å². The van der Waals surface area contributed by atoms with E-state index in [2.05, 4.69) is 29.4 Å². The van der Waals surface area contributed by atoms with Crippen LogP contribution in [0.2, 0.25) is 0 Å². The van der Waals surface area contributed by atoms with Crippen molar-refractivity contribution in [3.05, 3.63) is 0 Å². The van der Waals surface area contributed by atoms with Crippen molar-refractivity contribution in [2.75, 3.05) is 32.7 Å². The largest absolute Gasteiger partial charge is 0.355 e. The topological polar surface area (TPSA) is 44.4 Å². The van der Waals surface area contributed by atoms with Crippen LogP contribution >= 0.6 is 24.8 Å². The maximum Gasteiger partial charge on any atom is 0.220 e. The SMILES string of the molecule is CCN(CCNC(=O)CC(C)C1CCNCC1)C1CC1.Cl.Cl. The van der Waals surface area contributed by atoms with Gasteiger partial charge in [0.1, 0.15) is 0 Å². The molecule has 2 fully saturated rings. The molecule has 132 valence electrons. The van der Waals surface area contributed by atoms with Crippen LogP contribution in [0.1, 0.15) is 46.0 Å². The first-order valence-corrected chi connectivity index (χ1v) is 8.42. The molecule has 2 rings (SSSR count). The summed E-state index contributed by atoms with van der Waals surface area (Å²) in [4.78, 5) is 14.5. The van der Waals surface area contributed by atoms with Gasteiger partial charge in [-0.2, -0.15) is 0 Å². The molecule has 1 saturated carbocycles. The minimum atomic E-state index is 0. The van der Waals surface area contributed by atoms with Crippen molar-refractivity contribution in [1.82, 2.24) is 15.5 Å². The van der Waals surface area contributed by atoms with E-state index in [9.17, 15) is 4.79 Å². The maximum absolute atomic E-state index is 12.0. The summed E-state index contributed by atoms with van der Waals surface area (Å²) >= 11 is 0. The van der Waals surface area contributed by atoms with E-state index in [4.69, 9.17) is 0 Å². The quantitative estimate of drug-likeness (QED) is 0.704. The molecule has 0 aromatic carbocycles. The minimum Gasteiger partial charge on any atom is -0.355 e. The number of halogens is 2. The molecular weight excluding hydrogens is 321 g/mol. The number of carbonyl (C=O) groups excluding carboxylic acids is 1. The van der Waals surface area contributed by atoms with Crippen LogP contribution in [-0.2, 0) is 4.79 Å². The highest BCUT2D eigenvalue weighted by atomic mass is 35.5. The van der Waals surface area contributed by atoms with Gasteiger partial charge in [0.05, 0.1) is 0 Å². The Bertz CT molecular complexity index is 308. The molecule has 1 unspecified atom stereocenters. The van der Waals surface area contributed by atoms with E-state index in [1.165, 1.54) is 25.7 Å². The first-order valence-electron chi connectivity index (χ1n) is 8.42. The number of rotatable bonds is 8. The Morgan fingerprint density at radius 1 is 1.23 bits per heavy atom. The van der Waals surface area contributed by atoms with Gasteiger partial charge in [-0.3, -0.25) is 9.69 Å². The minimum absolute atomic E-state index is 0. The molecule has 1 atom stereocenters. The lowest BCUT2D eigenvalue weighted by molar-refractivity contribution is -0.122. The summed E-state index contributed by atoms with van der Waals surface area (Å²) in [6, 6.07) is 0.797. The Kier molecular flexibility index (Phi) is 11.5. The summed E-state index contributed by atoms with van der Waals surface area (Å²) in [5, 5.41) is 6.49. The fourth-order valence-corrected chi connectivity index (χ4v) is 3.32. The number of hydrogen-bond donors (Lipinski definition) is 2. The predicted molar refractivity (Wildman–Crippen MR) is 97.1 cm³/mol.